The number of piperazine rings is 1. The van der Waals surface area contributed by atoms with Crippen molar-refractivity contribution >= 4 is 29.3 Å². The lowest BCUT2D eigenvalue weighted by molar-refractivity contribution is -0.0475. The van der Waals surface area contributed by atoms with Crippen molar-refractivity contribution in [3.8, 4) is 5.75 Å². The van der Waals surface area contributed by atoms with Crippen molar-refractivity contribution in [3.05, 3.63) is 88.0 Å². The highest BCUT2D eigenvalue weighted by molar-refractivity contribution is 6.31. The average Bonchev–Trinajstić information content (AvgIpc) is 3.16. The molecule has 1 saturated carbocycles. The summed E-state index contributed by atoms with van der Waals surface area (Å²) in [4.78, 5) is 35.2. The maximum atomic E-state index is 12.5. The number of carbonyl (C=O) groups excluding carboxylic acids is 1. The maximum Gasteiger partial charge on any atom is 0.410 e. The molecule has 3 aromatic rings. The molecule has 0 bridgehead atoms. The second-order valence-corrected chi connectivity index (χ2v) is 18.3. The molecule has 0 N–H and O–H groups in total. The van der Waals surface area contributed by atoms with Gasteiger partial charge in [0.2, 0.25) is 5.95 Å². The Labute approximate surface area is 333 Å². The molecule has 4 fully saturated rings. The van der Waals surface area contributed by atoms with Gasteiger partial charge in [-0.3, -0.25) is 4.90 Å². The maximum absolute atomic E-state index is 12.5. The molecule has 0 atom stereocenters. The van der Waals surface area contributed by atoms with Crippen molar-refractivity contribution in [3.63, 3.8) is 0 Å². The first-order valence-electron chi connectivity index (χ1n) is 20.2. The molecule has 0 unspecified atom stereocenters. The van der Waals surface area contributed by atoms with E-state index in [0.29, 0.717) is 34.7 Å². The van der Waals surface area contributed by atoms with Crippen LogP contribution in [0.25, 0.3) is 4.85 Å². The second kappa shape index (κ2) is 16.3. The number of hydrogen-bond acceptors (Lipinski definition) is 8. The molecule has 294 valence electrons. The van der Waals surface area contributed by atoms with Crippen LogP contribution in [0.2, 0.25) is 5.02 Å². The van der Waals surface area contributed by atoms with Crippen molar-refractivity contribution < 1.29 is 14.3 Å². The predicted octanol–water partition coefficient (Wildman–Crippen LogP) is 8.60. The second-order valence-electron chi connectivity index (χ2n) is 17.9. The Bertz CT molecular complexity index is 1820. The van der Waals surface area contributed by atoms with Crippen LogP contribution in [0, 0.1) is 17.9 Å². The summed E-state index contributed by atoms with van der Waals surface area (Å²) >= 11 is 6.31. The van der Waals surface area contributed by atoms with Gasteiger partial charge in [0, 0.05) is 68.5 Å². The quantitative estimate of drug-likeness (QED) is 0.201. The minimum absolute atomic E-state index is 0.162. The number of amides is 1. The van der Waals surface area contributed by atoms with Crippen LogP contribution < -0.4 is 9.64 Å². The largest absolute Gasteiger partial charge is 0.487 e. The highest BCUT2D eigenvalue weighted by Gasteiger charge is 2.48. The van der Waals surface area contributed by atoms with Crippen molar-refractivity contribution in [2.75, 3.05) is 63.8 Å². The Balaban J connectivity index is 0.818. The summed E-state index contributed by atoms with van der Waals surface area (Å²) in [6, 6.07) is 16.3. The van der Waals surface area contributed by atoms with Gasteiger partial charge in [0.25, 0.3) is 0 Å². The van der Waals surface area contributed by atoms with Gasteiger partial charge in [0.15, 0.2) is 5.69 Å². The van der Waals surface area contributed by atoms with Gasteiger partial charge in [0.1, 0.15) is 18.0 Å². The smallest absolute Gasteiger partial charge is 0.410 e. The minimum atomic E-state index is -0.436. The first-order valence-corrected chi connectivity index (χ1v) is 20.6. The Kier molecular flexibility index (Phi) is 11.6. The summed E-state index contributed by atoms with van der Waals surface area (Å²) < 4.78 is 11.7. The minimum Gasteiger partial charge on any atom is -0.487 e. The van der Waals surface area contributed by atoms with Crippen LogP contribution >= 0.6 is 11.6 Å². The molecule has 3 aliphatic heterocycles. The summed E-state index contributed by atoms with van der Waals surface area (Å²) in [7, 11) is 0. The number of nitrogens with zero attached hydrogens (tertiary/aromatic N) is 7. The highest BCUT2D eigenvalue weighted by Crippen LogP contribution is 2.51. The van der Waals surface area contributed by atoms with Crippen LogP contribution in [0.4, 0.5) is 16.4 Å². The normalized spacial score (nSPS) is 20.2. The molecular weight excluding hydrogens is 710 g/mol. The molecule has 1 amide bonds. The van der Waals surface area contributed by atoms with E-state index < -0.39 is 5.60 Å². The van der Waals surface area contributed by atoms with Gasteiger partial charge >= 0.3 is 6.09 Å². The van der Waals surface area contributed by atoms with Crippen LogP contribution in [-0.2, 0) is 16.8 Å². The topological polar surface area (TPSA) is 78.6 Å². The lowest BCUT2D eigenvalue weighted by atomic mass is 9.60. The van der Waals surface area contributed by atoms with Gasteiger partial charge < -0.3 is 24.2 Å². The Morgan fingerprint density at radius 2 is 1.60 bits per heavy atom. The van der Waals surface area contributed by atoms with Crippen molar-refractivity contribution in [1.29, 1.82) is 0 Å². The molecule has 2 aromatic carbocycles. The number of ether oxygens (including phenoxy) is 2. The first kappa shape index (κ1) is 39.3. The SMILES string of the molecule is [C-]#[N+]c1cc(Cl)cc(C(C)(C)c2ccc(OCc3ccnc(N4CCN(C5CC6(CCN(CC7CCN(C(=O)OC(C)(C)C)CC7)CC6)C5)CC4)n3)cc2)c1. The van der Waals surface area contributed by atoms with Crippen LogP contribution in [-0.4, -0.2) is 101 Å². The third kappa shape index (κ3) is 9.56. The molecule has 1 aliphatic carbocycles. The molecule has 4 aliphatic rings. The van der Waals surface area contributed by atoms with Gasteiger partial charge in [-0.25, -0.2) is 19.6 Å². The average molecular weight is 768 g/mol. The number of rotatable bonds is 9. The molecule has 55 heavy (non-hydrogen) atoms. The summed E-state index contributed by atoms with van der Waals surface area (Å²) in [5.41, 5.74) is 3.30. The number of carbonyl (C=O) groups is 1. The van der Waals surface area contributed by atoms with E-state index in [4.69, 9.17) is 32.6 Å². The zero-order valence-electron chi connectivity index (χ0n) is 33.4. The van der Waals surface area contributed by atoms with Gasteiger partial charge in [-0.15, -0.1) is 0 Å². The Morgan fingerprint density at radius 3 is 2.25 bits per heavy atom. The first-order chi connectivity index (χ1) is 26.3. The molecule has 4 heterocycles. The van der Waals surface area contributed by atoms with E-state index in [9.17, 15) is 4.79 Å². The highest BCUT2D eigenvalue weighted by atomic mass is 35.5. The fourth-order valence-corrected chi connectivity index (χ4v) is 9.23. The molecule has 10 nitrogen and oxygen atoms in total. The zero-order chi connectivity index (χ0) is 38.8. The standard InChI is InChI=1S/C44H58ClN7O3/c1-42(2,3)55-41(53)52-17-12-32(13-18-52)30-49-19-14-44(15-20-49)28-38(29-44)50-21-23-51(24-22-50)40-47-16-11-36(48-40)31-54-39-9-7-33(8-10-39)43(4,5)34-25-35(45)27-37(26-34)46-6/h7-11,16,25-27,32,38H,12-15,17-24,28-31H2,1-5H3. The van der Waals surface area contributed by atoms with E-state index in [-0.39, 0.29) is 11.5 Å². The monoisotopic (exact) mass is 767 g/mol. The number of benzene rings is 2. The van der Waals surface area contributed by atoms with Crippen molar-refractivity contribution in [1.82, 2.24) is 24.7 Å². The van der Waals surface area contributed by atoms with Gasteiger partial charge in [0.05, 0.1) is 12.3 Å². The molecule has 7 rings (SSSR count). The van der Waals surface area contributed by atoms with Crippen LogP contribution in [0.3, 0.4) is 0 Å². The lowest BCUT2D eigenvalue weighted by Gasteiger charge is -2.56. The number of halogens is 1. The summed E-state index contributed by atoms with van der Waals surface area (Å²) in [5, 5.41) is 0.574. The number of likely N-dealkylation sites (tertiary alicyclic amines) is 2. The third-order valence-corrected chi connectivity index (χ3v) is 12.8. The van der Waals surface area contributed by atoms with Gasteiger partial charge in [-0.05, 0) is 125 Å². The van der Waals surface area contributed by atoms with E-state index in [2.05, 4.69) is 50.5 Å². The number of hydrogen-bond donors (Lipinski definition) is 0. The zero-order valence-corrected chi connectivity index (χ0v) is 34.2. The van der Waals surface area contributed by atoms with Gasteiger partial charge in [-0.2, -0.15) is 0 Å². The van der Waals surface area contributed by atoms with Crippen LogP contribution in [0.5, 0.6) is 5.75 Å². The van der Waals surface area contributed by atoms with Crippen molar-refractivity contribution in [2.45, 2.75) is 96.8 Å². The van der Waals surface area contributed by atoms with Crippen molar-refractivity contribution in [2.24, 2.45) is 11.3 Å². The number of piperidine rings is 2. The van der Waals surface area contributed by atoms with Crippen LogP contribution in [0.1, 0.15) is 90.0 Å². The molecule has 1 aromatic heterocycles. The van der Waals surface area contributed by atoms with E-state index in [1.165, 1.54) is 45.3 Å². The summed E-state index contributed by atoms with van der Waals surface area (Å²) in [5.74, 6) is 2.24. The fourth-order valence-electron chi connectivity index (χ4n) is 9.00. The van der Waals surface area contributed by atoms with Crippen LogP contribution in [0.15, 0.2) is 54.7 Å². The summed E-state index contributed by atoms with van der Waals surface area (Å²) in [6.45, 7) is 27.1. The van der Waals surface area contributed by atoms with E-state index in [1.54, 1.807) is 6.07 Å². The third-order valence-electron chi connectivity index (χ3n) is 12.5. The van der Waals surface area contributed by atoms with E-state index in [0.717, 1.165) is 80.6 Å². The van der Waals surface area contributed by atoms with Gasteiger partial charge in [-0.1, -0.05) is 43.6 Å². The Hall–Kier alpha value is -3.91. The molecular formula is C44H58ClN7O3. The van der Waals surface area contributed by atoms with E-state index in [1.807, 2.05) is 62.2 Å². The van der Waals surface area contributed by atoms with E-state index >= 15 is 0 Å². The molecule has 1 spiro atoms. The Morgan fingerprint density at radius 1 is 0.909 bits per heavy atom. The molecule has 3 saturated heterocycles. The molecule has 0 radical (unpaired) electrons. The number of anilines is 1. The predicted molar refractivity (Wildman–Crippen MR) is 218 cm³/mol. The lowest BCUT2D eigenvalue weighted by Crippen LogP contribution is -2.59. The summed E-state index contributed by atoms with van der Waals surface area (Å²) in [6.07, 6.45) is 9.14. The fraction of sp³-hybridized carbons (Fsp3) is 0.591. The number of aromatic nitrogens is 2. The molecule has 11 heteroatoms.